The van der Waals surface area contributed by atoms with Crippen LogP contribution in [0.1, 0.15) is 29.5 Å². The van der Waals surface area contributed by atoms with Crippen molar-refractivity contribution in [3.8, 4) is 0 Å². The Labute approximate surface area is 116 Å². The van der Waals surface area contributed by atoms with Crippen molar-refractivity contribution in [3.05, 3.63) is 54.1 Å². The van der Waals surface area contributed by atoms with Crippen LogP contribution < -0.4 is 0 Å². The maximum atomic E-state index is 12.5. The minimum atomic E-state index is -0.144. The number of carbonyl (C=O) groups excluding carboxylic acids is 1. The zero-order valence-electron chi connectivity index (χ0n) is 11.2. The summed E-state index contributed by atoms with van der Waals surface area (Å²) in [5.41, 5.74) is 2.41. The predicted molar refractivity (Wildman–Crippen MR) is 75.5 cm³/mol. The summed E-state index contributed by atoms with van der Waals surface area (Å²) >= 11 is 0. The van der Waals surface area contributed by atoms with Crippen LogP contribution >= 0.6 is 0 Å². The van der Waals surface area contributed by atoms with Crippen molar-refractivity contribution in [1.29, 1.82) is 0 Å². The molecule has 0 unspecified atom stereocenters. The monoisotopic (exact) mass is 266 g/mol. The number of fused-ring (bicyclic) bond motifs is 1. The highest BCUT2D eigenvalue weighted by atomic mass is 16.1. The molecule has 2 aromatic heterocycles. The Balaban J connectivity index is 2.01. The lowest BCUT2D eigenvalue weighted by atomic mass is 10.2. The molecule has 0 aliphatic heterocycles. The zero-order valence-corrected chi connectivity index (χ0v) is 11.2. The summed E-state index contributed by atoms with van der Waals surface area (Å²) in [6.45, 7) is 2.76. The number of hydrogen-bond donors (Lipinski definition) is 0. The smallest absolute Gasteiger partial charge is 0.230 e. The molecule has 2 heterocycles. The molecule has 1 aromatic carbocycles. The van der Waals surface area contributed by atoms with Gasteiger partial charge in [0.1, 0.15) is 11.4 Å². The molecule has 3 aromatic rings. The van der Waals surface area contributed by atoms with E-state index in [1.165, 1.54) is 6.20 Å². The lowest BCUT2D eigenvalue weighted by Crippen LogP contribution is -2.13. The van der Waals surface area contributed by atoms with Crippen LogP contribution in [0.2, 0.25) is 0 Å². The molecule has 0 radical (unpaired) electrons. The number of rotatable bonds is 4. The second kappa shape index (κ2) is 5.21. The normalized spacial score (nSPS) is 10.8. The van der Waals surface area contributed by atoms with Crippen LogP contribution in [0, 0.1) is 0 Å². The first-order chi connectivity index (χ1) is 9.79. The molecule has 0 spiro atoms. The average molecular weight is 266 g/mol. The lowest BCUT2D eigenvalue weighted by molar-refractivity contribution is 0.102. The summed E-state index contributed by atoms with van der Waals surface area (Å²) in [6.07, 6.45) is 4.08. The quantitative estimate of drug-likeness (QED) is 0.681. The SMILES string of the molecule is CCCn1nccc1C(=O)c1cnc2ccccc2n1. The molecule has 5 heteroatoms. The summed E-state index contributed by atoms with van der Waals surface area (Å²) in [5, 5.41) is 4.16. The first kappa shape index (κ1) is 12.5. The van der Waals surface area contributed by atoms with Crippen molar-refractivity contribution in [3.63, 3.8) is 0 Å². The van der Waals surface area contributed by atoms with E-state index in [1.54, 1.807) is 16.9 Å². The van der Waals surface area contributed by atoms with Gasteiger partial charge in [-0.1, -0.05) is 19.1 Å². The third-order valence-electron chi connectivity index (χ3n) is 3.07. The maximum absolute atomic E-state index is 12.5. The molecule has 20 heavy (non-hydrogen) atoms. The van der Waals surface area contributed by atoms with E-state index in [0.717, 1.165) is 24.0 Å². The van der Waals surface area contributed by atoms with Crippen molar-refractivity contribution in [1.82, 2.24) is 19.7 Å². The van der Waals surface area contributed by atoms with E-state index in [4.69, 9.17) is 0 Å². The minimum Gasteiger partial charge on any atom is -0.285 e. The van der Waals surface area contributed by atoms with Gasteiger partial charge < -0.3 is 0 Å². The largest absolute Gasteiger partial charge is 0.285 e. The summed E-state index contributed by atoms with van der Waals surface area (Å²) in [4.78, 5) is 21.1. The zero-order chi connectivity index (χ0) is 13.9. The fraction of sp³-hybridized carbons (Fsp3) is 0.200. The molecule has 0 N–H and O–H groups in total. The highest BCUT2D eigenvalue weighted by Gasteiger charge is 2.16. The predicted octanol–water partition coefficient (Wildman–Crippen LogP) is 2.47. The molecule has 100 valence electrons. The van der Waals surface area contributed by atoms with E-state index < -0.39 is 0 Å². The van der Waals surface area contributed by atoms with E-state index >= 15 is 0 Å². The third kappa shape index (κ3) is 2.18. The molecule has 3 rings (SSSR count). The number of benzene rings is 1. The maximum Gasteiger partial charge on any atom is 0.230 e. The third-order valence-corrected chi connectivity index (χ3v) is 3.07. The molecular formula is C15H14N4O. The van der Waals surface area contributed by atoms with Gasteiger partial charge in [-0.2, -0.15) is 5.10 Å². The Morgan fingerprint density at radius 3 is 2.80 bits per heavy atom. The standard InChI is InChI=1S/C15H14N4O/c1-2-9-19-14(7-8-17-19)15(20)13-10-16-11-5-3-4-6-12(11)18-13/h3-8,10H,2,9H2,1H3. The number of aromatic nitrogens is 4. The fourth-order valence-corrected chi connectivity index (χ4v) is 2.11. The average Bonchev–Trinajstić information content (AvgIpc) is 2.94. The van der Waals surface area contributed by atoms with Crippen molar-refractivity contribution in [2.45, 2.75) is 19.9 Å². The van der Waals surface area contributed by atoms with Crippen LogP contribution in [0.5, 0.6) is 0 Å². The van der Waals surface area contributed by atoms with Crippen molar-refractivity contribution >= 4 is 16.8 Å². The summed E-state index contributed by atoms with van der Waals surface area (Å²) in [5.74, 6) is -0.144. The highest BCUT2D eigenvalue weighted by Crippen LogP contribution is 2.12. The van der Waals surface area contributed by atoms with E-state index in [2.05, 4.69) is 15.1 Å². The van der Waals surface area contributed by atoms with Gasteiger partial charge in [0.15, 0.2) is 0 Å². The van der Waals surface area contributed by atoms with Crippen LogP contribution in [-0.2, 0) is 6.54 Å². The molecule has 0 atom stereocenters. The van der Waals surface area contributed by atoms with Gasteiger partial charge >= 0.3 is 0 Å². The molecule has 5 nitrogen and oxygen atoms in total. The van der Waals surface area contributed by atoms with Crippen LogP contribution in [0.4, 0.5) is 0 Å². The molecule has 0 aliphatic carbocycles. The summed E-state index contributed by atoms with van der Waals surface area (Å²) in [7, 11) is 0. The fourth-order valence-electron chi connectivity index (χ4n) is 2.11. The summed E-state index contributed by atoms with van der Waals surface area (Å²) in [6, 6.07) is 9.22. The summed E-state index contributed by atoms with van der Waals surface area (Å²) < 4.78 is 1.71. The Kier molecular flexibility index (Phi) is 3.25. The Morgan fingerprint density at radius 1 is 1.20 bits per heavy atom. The van der Waals surface area contributed by atoms with Crippen LogP contribution in [0.3, 0.4) is 0 Å². The van der Waals surface area contributed by atoms with Gasteiger partial charge in [-0.25, -0.2) is 4.98 Å². The van der Waals surface area contributed by atoms with Crippen molar-refractivity contribution in [2.24, 2.45) is 0 Å². The minimum absolute atomic E-state index is 0.144. The van der Waals surface area contributed by atoms with E-state index in [1.807, 2.05) is 31.2 Å². The number of hydrogen-bond acceptors (Lipinski definition) is 4. The van der Waals surface area contributed by atoms with Gasteiger partial charge in [-0.3, -0.25) is 14.5 Å². The second-order valence-corrected chi connectivity index (χ2v) is 4.51. The first-order valence-electron chi connectivity index (χ1n) is 6.58. The van der Waals surface area contributed by atoms with Gasteiger partial charge in [0, 0.05) is 12.7 Å². The van der Waals surface area contributed by atoms with Crippen LogP contribution in [0.15, 0.2) is 42.7 Å². The van der Waals surface area contributed by atoms with Crippen molar-refractivity contribution < 1.29 is 4.79 Å². The van der Waals surface area contributed by atoms with E-state index in [0.29, 0.717) is 11.4 Å². The first-order valence-corrected chi connectivity index (χ1v) is 6.58. The molecule has 0 fully saturated rings. The van der Waals surface area contributed by atoms with Gasteiger partial charge in [0.25, 0.3) is 0 Å². The molecule has 0 saturated carbocycles. The van der Waals surface area contributed by atoms with E-state index in [-0.39, 0.29) is 5.78 Å². The van der Waals surface area contributed by atoms with Crippen LogP contribution in [-0.4, -0.2) is 25.5 Å². The molecule has 0 aliphatic rings. The highest BCUT2D eigenvalue weighted by molar-refractivity contribution is 6.07. The van der Waals surface area contributed by atoms with Gasteiger partial charge in [0.2, 0.25) is 5.78 Å². The lowest BCUT2D eigenvalue weighted by Gasteiger charge is -2.05. The topological polar surface area (TPSA) is 60.7 Å². The Morgan fingerprint density at radius 2 is 2.00 bits per heavy atom. The molecular weight excluding hydrogens is 252 g/mol. The number of ketones is 1. The van der Waals surface area contributed by atoms with Crippen LogP contribution in [0.25, 0.3) is 11.0 Å². The number of aryl methyl sites for hydroxylation is 1. The van der Waals surface area contributed by atoms with Gasteiger partial charge in [-0.05, 0) is 24.6 Å². The number of para-hydroxylation sites is 2. The molecule has 0 bridgehead atoms. The van der Waals surface area contributed by atoms with Gasteiger partial charge in [0.05, 0.1) is 17.2 Å². The van der Waals surface area contributed by atoms with E-state index in [9.17, 15) is 4.79 Å². The van der Waals surface area contributed by atoms with Crippen molar-refractivity contribution in [2.75, 3.05) is 0 Å². The Hall–Kier alpha value is -2.56. The molecule has 0 amide bonds. The molecule has 0 saturated heterocycles. The number of nitrogens with zero attached hydrogens (tertiary/aromatic N) is 4. The Bertz CT molecular complexity index is 763. The number of carbonyl (C=O) groups is 1. The van der Waals surface area contributed by atoms with Gasteiger partial charge in [-0.15, -0.1) is 0 Å². The second-order valence-electron chi connectivity index (χ2n) is 4.51.